The standard InChI is InChI=1S/C13H20FN3O/c1-4-5-15-12-11(6-10(14)8-16-12)13(18)17-7-9(2)3/h6,8-9H,4-5,7H2,1-3H3,(H,15,16)(H,17,18). The second-order valence-electron chi connectivity index (χ2n) is 4.58. The van der Waals surface area contributed by atoms with Crippen LogP contribution in [0.25, 0.3) is 0 Å². The molecular formula is C13H20FN3O. The lowest BCUT2D eigenvalue weighted by molar-refractivity contribution is 0.0949. The molecule has 0 aliphatic heterocycles. The normalized spacial score (nSPS) is 10.5. The highest BCUT2D eigenvalue weighted by molar-refractivity contribution is 5.98. The predicted octanol–water partition coefficient (Wildman–Crippen LogP) is 2.43. The number of hydrogen-bond acceptors (Lipinski definition) is 3. The molecule has 0 aliphatic rings. The molecule has 1 heterocycles. The van der Waals surface area contributed by atoms with Crippen molar-refractivity contribution in [2.24, 2.45) is 5.92 Å². The number of aromatic nitrogens is 1. The highest BCUT2D eigenvalue weighted by atomic mass is 19.1. The lowest BCUT2D eigenvalue weighted by Gasteiger charge is -2.12. The third-order valence-corrected chi connectivity index (χ3v) is 2.31. The van der Waals surface area contributed by atoms with Gasteiger partial charge in [0.2, 0.25) is 0 Å². The van der Waals surface area contributed by atoms with Crippen molar-refractivity contribution in [1.29, 1.82) is 0 Å². The zero-order valence-electron chi connectivity index (χ0n) is 11.1. The van der Waals surface area contributed by atoms with E-state index in [9.17, 15) is 9.18 Å². The number of amides is 1. The molecule has 100 valence electrons. The Morgan fingerprint density at radius 2 is 2.22 bits per heavy atom. The molecule has 0 fully saturated rings. The van der Waals surface area contributed by atoms with Gasteiger partial charge in [0.25, 0.3) is 5.91 Å². The van der Waals surface area contributed by atoms with Crippen molar-refractivity contribution in [1.82, 2.24) is 10.3 Å². The molecule has 0 aromatic carbocycles. The van der Waals surface area contributed by atoms with Gasteiger partial charge >= 0.3 is 0 Å². The summed E-state index contributed by atoms with van der Waals surface area (Å²) in [6.45, 7) is 7.27. The van der Waals surface area contributed by atoms with Gasteiger partial charge in [-0.25, -0.2) is 9.37 Å². The molecule has 0 radical (unpaired) electrons. The van der Waals surface area contributed by atoms with Crippen molar-refractivity contribution >= 4 is 11.7 Å². The highest BCUT2D eigenvalue weighted by Crippen LogP contribution is 2.13. The van der Waals surface area contributed by atoms with Crippen LogP contribution in [0.4, 0.5) is 10.2 Å². The molecule has 1 aromatic heterocycles. The van der Waals surface area contributed by atoms with Gasteiger partial charge < -0.3 is 10.6 Å². The van der Waals surface area contributed by atoms with Gasteiger partial charge in [-0.1, -0.05) is 20.8 Å². The smallest absolute Gasteiger partial charge is 0.255 e. The summed E-state index contributed by atoms with van der Waals surface area (Å²) < 4.78 is 13.2. The van der Waals surface area contributed by atoms with E-state index in [4.69, 9.17) is 0 Å². The highest BCUT2D eigenvalue weighted by Gasteiger charge is 2.13. The van der Waals surface area contributed by atoms with Gasteiger partial charge in [-0.2, -0.15) is 0 Å². The van der Waals surface area contributed by atoms with Crippen molar-refractivity contribution < 1.29 is 9.18 Å². The molecule has 0 saturated heterocycles. The molecular weight excluding hydrogens is 233 g/mol. The first-order valence-electron chi connectivity index (χ1n) is 6.22. The summed E-state index contributed by atoms with van der Waals surface area (Å²) in [5.41, 5.74) is 0.254. The Morgan fingerprint density at radius 3 is 2.83 bits per heavy atom. The second-order valence-corrected chi connectivity index (χ2v) is 4.58. The summed E-state index contributed by atoms with van der Waals surface area (Å²) >= 11 is 0. The Morgan fingerprint density at radius 1 is 1.50 bits per heavy atom. The number of carbonyl (C=O) groups is 1. The fourth-order valence-corrected chi connectivity index (χ4v) is 1.39. The monoisotopic (exact) mass is 253 g/mol. The molecule has 0 aliphatic carbocycles. The van der Waals surface area contributed by atoms with Crippen LogP contribution in [-0.4, -0.2) is 24.0 Å². The van der Waals surface area contributed by atoms with Crippen LogP contribution in [0, 0.1) is 11.7 Å². The summed E-state index contributed by atoms with van der Waals surface area (Å²) in [6.07, 6.45) is 2.02. The van der Waals surface area contributed by atoms with Crippen LogP contribution in [0.2, 0.25) is 0 Å². The van der Waals surface area contributed by atoms with E-state index in [0.717, 1.165) is 12.6 Å². The minimum Gasteiger partial charge on any atom is -0.369 e. The Bertz CT molecular complexity index is 407. The van der Waals surface area contributed by atoms with Crippen LogP contribution in [0.3, 0.4) is 0 Å². The van der Waals surface area contributed by atoms with E-state index in [1.807, 2.05) is 20.8 Å². The van der Waals surface area contributed by atoms with E-state index in [1.165, 1.54) is 6.07 Å². The van der Waals surface area contributed by atoms with E-state index >= 15 is 0 Å². The number of nitrogens with one attached hydrogen (secondary N) is 2. The topological polar surface area (TPSA) is 54.0 Å². The molecule has 0 unspecified atom stereocenters. The summed E-state index contributed by atoms with van der Waals surface area (Å²) in [7, 11) is 0. The maximum absolute atomic E-state index is 13.2. The number of halogens is 1. The molecule has 18 heavy (non-hydrogen) atoms. The number of hydrogen-bond donors (Lipinski definition) is 2. The molecule has 2 N–H and O–H groups in total. The van der Waals surface area contributed by atoms with Crippen LogP contribution >= 0.6 is 0 Å². The first kappa shape index (κ1) is 14.4. The third kappa shape index (κ3) is 4.31. The average Bonchev–Trinajstić information content (AvgIpc) is 2.34. The summed E-state index contributed by atoms with van der Waals surface area (Å²) in [4.78, 5) is 15.8. The second kappa shape index (κ2) is 6.93. The van der Waals surface area contributed by atoms with Gasteiger partial charge in [0, 0.05) is 13.1 Å². The summed E-state index contributed by atoms with van der Waals surface area (Å²) in [5.74, 6) is -0.0249. The zero-order chi connectivity index (χ0) is 13.5. The Kier molecular flexibility index (Phi) is 5.55. The first-order chi connectivity index (χ1) is 8.54. The quantitative estimate of drug-likeness (QED) is 0.818. The van der Waals surface area contributed by atoms with Crippen LogP contribution in [0.5, 0.6) is 0 Å². The lowest BCUT2D eigenvalue weighted by Crippen LogP contribution is -2.28. The van der Waals surface area contributed by atoms with Crippen molar-refractivity contribution in [2.75, 3.05) is 18.4 Å². The van der Waals surface area contributed by atoms with E-state index < -0.39 is 5.82 Å². The molecule has 0 atom stereocenters. The minimum absolute atomic E-state index is 0.254. The molecule has 5 heteroatoms. The lowest BCUT2D eigenvalue weighted by atomic mass is 10.2. The Hall–Kier alpha value is -1.65. The number of carbonyl (C=O) groups excluding carboxylic acids is 1. The van der Waals surface area contributed by atoms with Gasteiger partial charge in [-0.3, -0.25) is 4.79 Å². The SMILES string of the molecule is CCCNc1ncc(F)cc1C(=O)NCC(C)C. The van der Waals surface area contributed by atoms with E-state index in [1.54, 1.807) is 0 Å². The maximum atomic E-state index is 13.2. The first-order valence-corrected chi connectivity index (χ1v) is 6.22. The molecule has 1 rings (SSSR count). The number of pyridine rings is 1. The summed E-state index contributed by atoms with van der Waals surface area (Å²) in [6, 6.07) is 1.21. The van der Waals surface area contributed by atoms with Crippen molar-refractivity contribution in [3.05, 3.63) is 23.6 Å². The van der Waals surface area contributed by atoms with Gasteiger partial charge in [-0.05, 0) is 18.4 Å². The fraction of sp³-hybridized carbons (Fsp3) is 0.538. The average molecular weight is 253 g/mol. The minimum atomic E-state index is -0.508. The van der Waals surface area contributed by atoms with E-state index in [-0.39, 0.29) is 11.5 Å². The van der Waals surface area contributed by atoms with Crippen molar-refractivity contribution in [3.8, 4) is 0 Å². The van der Waals surface area contributed by atoms with Crippen LogP contribution in [0.15, 0.2) is 12.3 Å². The van der Waals surface area contributed by atoms with Crippen LogP contribution < -0.4 is 10.6 Å². The van der Waals surface area contributed by atoms with Crippen molar-refractivity contribution in [2.45, 2.75) is 27.2 Å². The maximum Gasteiger partial charge on any atom is 0.255 e. The zero-order valence-corrected chi connectivity index (χ0v) is 11.1. The number of rotatable bonds is 6. The van der Waals surface area contributed by atoms with Gasteiger partial charge in [0.05, 0.1) is 11.8 Å². The Labute approximate surface area is 107 Å². The van der Waals surface area contributed by atoms with Crippen LogP contribution in [0.1, 0.15) is 37.6 Å². The molecule has 0 spiro atoms. The number of nitrogens with zero attached hydrogens (tertiary/aromatic N) is 1. The molecule has 0 saturated carbocycles. The Balaban J connectivity index is 2.83. The fourth-order valence-electron chi connectivity index (χ4n) is 1.39. The summed E-state index contributed by atoms with van der Waals surface area (Å²) in [5, 5.41) is 5.78. The number of anilines is 1. The van der Waals surface area contributed by atoms with E-state index in [2.05, 4.69) is 15.6 Å². The third-order valence-electron chi connectivity index (χ3n) is 2.31. The van der Waals surface area contributed by atoms with Crippen LogP contribution in [-0.2, 0) is 0 Å². The molecule has 1 amide bonds. The molecule has 4 nitrogen and oxygen atoms in total. The molecule has 1 aromatic rings. The van der Waals surface area contributed by atoms with Crippen molar-refractivity contribution in [3.63, 3.8) is 0 Å². The predicted molar refractivity (Wildman–Crippen MR) is 70.1 cm³/mol. The van der Waals surface area contributed by atoms with Gasteiger partial charge in [0.1, 0.15) is 11.6 Å². The largest absolute Gasteiger partial charge is 0.369 e. The van der Waals surface area contributed by atoms with E-state index in [0.29, 0.717) is 24.8 Å². The molecule has 0 bridgehead atoms. The van der Waals surface area contributed by atoms with Gasteiger partial charge in [-0.15, -0.1) is 0 Å². The van der Waals surface area contributed by atoms with Gasteiger partial charge in [0.15, 0.2) is 0 Å².